The number of primary sulfonamides is 1. The highest BCUT2D eigenvalue weighted by Crippen LogP contribution is 2.23. The second-order valence-corrected chi connectivity index (χ2v) is 7.33. The molecule has 1 aliphatic rings. The highest BCUT2D eigenvalue weighted by molar-refractivity contribution is 7.89. The molecule has 8 heteroatoms. The molecule has 1 aromatic rings. The number of nitrogens with one attached hydrogen (secondary N) is 2. The normalized spacial score (nSPS) is 18.1. The van der Waals surface area contributed by atoms with Gasteiger partial charge in [-0.05, 0) is 49.9 Å². The number of rotatable bonds is 6. The van der Waals surface area contributed by atoms with E-state index < -0.39 is 10.0 Å². The van der Waals surface area contributed by atoms with Crippen molar-refractivity contribution in [3.63, 3.8) is 0 Å². The van der Waals surface area contributed by atoms with E-state index in [0.29, 0.717) is 12.2 Å². The highest BCUT2D eigenvalue weighted by Gasteiger charge is 2.16. The Morgan fingerprint density at radius 1 is 1.39 bits per heavy atom. The summed E-state index contributed by atoms with van der Waals surface area (Å²) >= 11 is 0. The van der Waals surface area contributed by atoms with E-state index in [9.17, 15) is 13.2 Å². The molecular formula is C15H23N3O4S. The first-order valence-corrected chi connectivity index (χ1v) is 9.08. The van der Waals surface area contributed by atoms with E-state index in [2.05, 4.69) is 10.6 Å². The number of aryl methyl sites for hydroxylation is 1. The summed E-state index contributed by atoms with van der Waals surface area (Å²) in [6.45, 7) is 5.13. The second kappa shape index (κ2) is 7.39. The standard InChI is InChI=1S/C15H23N3O4S/c1-10-6-13(23(16,20)21)7-14(11(10)2)18-15(19)9-17-8-12-4-3-5-22-12/h6-7,12,17H,3-5,8-9H2,1-2H3,(H,18,19)(H2,16,20,21). The molecule has 23 heavy (non-hydrogen) atoms. The minimum atomic E-state index is -3.81. The first-order valence-electron chi connectivity index (χ1n) is 7.53. The summed E-state index contributed by atoms with van der Waals surface area (Å²) in [5, 5.41) is 10.9. The number of benzene rings is 1. The van der Waals surface area contributed by atoms with Gasteiger partial charge in [-0.1, -0.05) is 0 Å². The Morgan fingerprint density at radius 2 is 2.13 bits per heavy atom. The summed E-state index contributed by atoms with van der Waals surface area (Å²) in [6, 6.07) is 2.88. The molecule has 1 aliphatic heterocycles. The molecule has 1 fully saturated rings. The van der Waals surface area contributed by atoms with Crippen LogP contribution in [-0.2, 0) is 19.6 Å². The average molecular weight is 341 g/mol. The fourth-order valence-electron chi connectivity index (χ4n) is 2.47. The van der Waals surface area contributed by atoms with Crippen LogP contribution in [0.4, 0.5) is 5.69 Å². The SMILES string of the molecule is Cc1cc(S(N)(=O)=O)cc(NC(=O)CNCC2CCCO2)c1C. The van der Waals surface area contributed by atoms with Crippen LogP contribution in [0, 0.1) is 13.8 Å². The summed E-state index contributed by atoms with van der Waals surface area (Å²) in [5.41, 5.74) is 2.02. The minimum Gasteiger partial charge on any atom is -0.377 e. The van der Waals surface area contributed by atoms with E-state index in [1.165, 1.54) is 12.1 Å². The number of hydrogen-bond acceptors (Lipinski definition) is 5. The van der Waals surface area contributed by atoms with Crippen LogP contribution in [0.3, 0.4) is 0 Å². The molecule has 1 saturated heterocycles. The monoisotopic (exact) mass is 341 g/mol. The number of nitrogens with two attached hydrogens (primary N) is 1. The molecule has 7 nitrogen and oxygen atoms in total. The van der Waals surface area contributed by atoms with E-state index >= 15 is 0 Å². The summed E-state index contributed by atoms with van der Waals surface area (Å²) < 4.78 is 28.5. The van der Waals surface area contributed by atoms with Gasteiger partial charge in [0.1, 0.15) is 0 Å². The number of amides is 1. The quantitative estimate of drug-likeness (QED) is 0.704. The minimum absolute atomic E-state index is 0.0109. The molecule has 0 bridgehead atoms. The van der Waals surface area contributed by atoms with Crippen LogP contribution >= 0.6 is 0 Å². The van der Waals surface area contributed by atoms with Crippen LogP contribution < -0.4 is 15.8 Å². The molecule has 1 unspecified atom stereocenters. The van der Waals surface area contributed by atoms with Crippen molar-refractivity contribution in [2.24, 2.45) is 5.14 Å². The first kappa shape index (κ1) is 17.9. The maximum Gasteiger partial charge on any atom is 0.238 e. The zero-order valence-corrected chi connectivity index (χ0v) is 14.2. The topological polar surface area (TPSA) is 111 Å². The summed E-state index contributed by atoms with van der Waals surface area (Å²) in [5.74, 6) is -0.239. The van der Waals surface area contributed by atoms with E-state index in [1.807, 2.05) is 6.92 Å². The van der Waals surface area contributed by atoms with Gasteiger partial charge in [0.2, 0.25) is 15.9 Å². The Kier molecular flexibility index (Phi) is 5.74. The fourth-order valence-corrected chi connectivity index (χ4v) is 3.09. The molecule has 0 aliphatic carbocycles. The first-order chi connectivity index (χ1) is 10.8. The van der Waals surface area contributed by atoms with Gasteiger partial charge in [-0.15, -0.1) is 0 Å². The van der Waals surface area contributed by atoms with Crippen molar-refractivity contribution in [2.45, 2.75) is 37.7 Å². The number of carbonyl (C=O) groups excluding carboxylic acids is 1. The van der Waals surface area contributed by atoms with Crippen LogP contribution in [0.5, 0.6) is 0 Å². The van der Waals surface area contributed by atoms with Gasteiger partial charge in [0, 0.05) is 18.8 Å². The summed E-state index contributed by atoms with van der Waals surface area (Å²) in [4.78, 5) is 12.0. The van der Waals surface area contributed by atoms with Crippen LogP contribution in [0.2, 0.25) is 0 Å². The lowest BCUT2D eigenvalue weighted by Crippen LogP contribution is -2.33. The van der Waals surface area contributed by atoms with Gasteiger partial charge < -0.3 is 15.4 Å². The number of ether oxygens (including phenoxy) is 1. The van der Waals surface area contributed by atoms with Crippen molar-refractivity contribution in [1.29, 1.82) is 0 Å². The van der Waals surface area contributed by atoms with Gasteiger partial charge in [0.15, 0.2) is 0 Å². The summed E-state index contributed by atoms with van der Waals surface area (Å²) in [6.07, 6.45) is 2.22. The van der Waals surface area contributed by atoms with E-state index in [4.69, 9.17) is 9.88 Å². The lowest BCUT2D eigenvalue weighted by Gasteiger charge is -2.14. The molecule has 0 aromatic heterocycles. The number of carbonyl (C=O) groups is 1. The Balaban J connectivity index is 1.98. The van der Waals surface area contributed by atoms with Crippen molar-refractivity contribution in [1.82, 2.24) is 5.32 Å². The predicted octanol–water partition coefficient (Wildman–Crippen LogP) is 0.658. The number of sulfonamides is 1. The number of hydrogen-bond donors (Lipinski definition) is 3. The Labute approximate surface area is 136 Å². The molecule has 0 saturated carbocycles. The molecule has 1 heterocycles. The zero-order valence-electron chi connectivity index (χ0n) is 13.4. The third-order valence-electron chi connectivity index (χ3n) is 3.93. The van der Waals surface area contributed by atoms with E-state index in [-0.39, 0.29) is 23.5 Å². The Bertz CT molecular complexity index is 682. The van der Waals surface area contributed by atoms with Gasteiger partial charge in [-0.25, -0.2) is 13.6 Å². The summed E-state index contributed by atoms with van der Waals surface area (Å²) in [7, 11) is -3.81. The molecule has 1 atom stereocenters. The molecule has 1 amide bonds. The van der Waals surface area contributed by atoms with Crippen LogP contribution in [0.15, 0.2) is 17.0 Å². The predicted molar refractivity (Wildman–Crippen MR) is 87.8 cm³/mol. The zero-order chi connectivity index (χ0) is 17.0. The van der Waals surface area contributed by atoms with Crippen molar-refractivity contribution in [3.8, 4) is 0 Å². The smallest absolute Gasteiger partial charge is 0.238 e. The second-order valence-electron chi connectivity index (χ2n) is 5.77. The van der Waals surface area contributed by atoms with Gasteiger partial charge >= 0.3 is 0 Å². The van der Waals surface area contributed by atoms with Crippen LogP contribution in [0.25, 0.3) is 0 Å². The van der Waals surface area contributed by atoms with Crippen molar-refractivity contribution in [3.05, 3.63) is 23.3 Å². The van der Waals surface area contributed by atoms with Crippen molar-refractivity contribution >= 4 is 21.6 Å². The lowest BCUT2D eigenvalue weighted by atomic mass is 10.1. The molecule has 4 N–H and O–H groups in total. The van der Waals surface area contributed by atoms with Gasteiger partial charge in [-0.2, -0.15) is 0 Å². The maximum absolute atomic E-state index is 12.0. The molecule has 128 valence electrons. The van der Waals surface area contributed by atoms with Crippen molar-refractivity contribution in [2.75, 3.05) is 25.0 Å². The molecular weight excluding hydrogens is 318 g/mol. The number of anilines is 1. The third-order valence-corrected chi connectivity index (χ3v) is 4.82. The maximum atomic E-state index is 12.0. The van der Waals surface area contributed by atoms with Gasteiger partial charge in [0.25, 0.3) is 0 Å². The van der Waals surface area contributed by atoms with E-state index in [1.54, 1.807) is 6.92 Å². The average Bonchev–Trinajstić information content (AvgIpc) is 2.95. The largest absolute Gasteiger partial charge is 0.377 e. The van der Waals surface area contributed by atoms with Crippen LogP contribution in [0.1, 0.15) is 24.0 Å². The fraction of sp³-hybridized carbons (Fsp3) is 0.533. The highest BCUT2D eigenvalue weighted by atomic mass is 32.2. The van der Waals surface area contributed by atoms with Crippen molar-refractivity contribution < 1.29 is 17.9 Å². The lowest BCUT2D eigenvalue weighted by molar-refractivity contribution is -0.115. The van der Waals surface area contributed by atoms with Gasteiger partial charge in [-0.3, -0.25) is 4.79 Å². The third kappa shape index (κ3) is 5.00. The van der Waals surface area contributed by atoms with Gasteiger partial charge in [0.05, 0.1) is 17.5 Å². The Hall–Kier alpha value is -1.48. The molecule has 0 radical (unpaired) electrons. The molecule has 1 aromatic carbocycles. The molecule has 0 spiro atoms. The van der Waals surface area contributed by atoms with Crippen LogP contribution in [-0.4, -0.2) is 40.1 Å². The molecule has 2 rings (SSSR count). The Morgan fingerprint density at radius 3 is 2.74 bits per heavy atom. The van der Waals surface area contributed by atoms with E-state index in [0.717, 1.165) is 30.6 Å².